The summed E-state index contributed by atoms with van der Waals surface area (Å²) in [6, 6.07) is 7.99. The molecule has 84 valence electrons. The van der Waals surface area contributed by atoms with Crippen LogP contribution in [0.25, 0.3) is 5.69 Å². The third-order valence-electron chi connectivity index (χ3n) is 2.31. The van der Waals surface area contributed by atoms with Crippen LogP contribution in [0.5, 0.6) is 0 Å². The SMILES string of the molecule is NCCCc1cnnn1-c1cccc(Br)c1. The Morgan fingerprint density at radius 2 is 2.25 bits per heavy atom. The third-order valence-corrected chi connectivity index (χ3v) is 2.80. The van der Waals surface area contributed by atoms with Gasteiger partial charge >= 0.3 is 0 Å². The van der Waals surface area contributed by atoms with Crippen LogP contribution in [0.15, 0.2) is 34.9 Å². The molecule has 0 radical (unpaired) electrons. The van der Waals surface area contributed by atoms with Crippen LogP contribution in [0.4, 0.5) is 0 Å². The second-order valence-electron chi connectivity index (χ2n) is 3.51. The number of nitrogens with two attached hydrogens (primary N) is 1. The molecule has 0 saturated carbocycles. The highest BCUT2D eigenvalue weighted by atomic mass is 79.9. The summed E-state index contributed by atoms with van der Waals surface area (Å²) in [5, 5.41) is 8.02. The molecule has 0 fully saturated rings. The minimum Gasteiger partial charge on any atom is -0.330 e. The van der Waals surface area contributed by atoms with Crippen molar-refractivity contribution >= 4 is 15.9 Å². The van der Waals surface area contributed by atoms with Gasteiger partial charge in [-0.3, -0.25) is 0 Å². The molecule has 16 heavy (non-hydrogen) atoms. The first-order valence-corrected chi connectivity index (χ1v) is 5.96. The molecule has 0 spiro atoms. The highest BCUT2D eigenvalue weighted by Gasteiger charge is 2.05. The molecule has 5 heteroatoms. The summed E-state index contributed by atoms with van der Waals surface area (Å²) in [4.78, 5) is 0. The number of aryl methyl sites for hydroxylation is 1. The van der Waals surface area contributed by atoms with Crippen LogP contribution in [0, 0.1) is 0 Å². The summed E-state index contributed by atoms with van der Waals surface area (Å²) >= 11 is 3.44. The van der Waals surface area contributed by atoms with Gasteiger partial charge in [0.05, 0.1) is 17.6 Å². The van der Waals surface area contributed by atoms with E-state index in [1.54, 1.807) is 6.20 Å². The van der Waals surface area contributed by atoms with E-state index < -0.39 is 0 Å². The zero-order chi connectivity index (χ0) is 11.4. The lowest BCUT2D eigenvalue weighted by Crippen LogP contribution is -2.06. The van der Waals surface area contributed by atoms with Gasteiger partial charge in [0.15, 0.2) is 0 Å². The Kier molecular flexibility index (Phi) is 3.69. The molecular formula is C11H13BrN4. The maximum absolute atomic E-state index is 5.50. The largest absolute Gasteiger partial charge is 0.330 e. The number of nitrogens with zero attached hydrogens (tertiary/aromatic N) is 3. The molecule has 2 rings (SSSR count). The van der Waals surface area contributed by atoms with E-state index in [2.05, 4.69) is 26.2 Å². The highest BCUT2D eigenvalue weighted by molar-refractivity contribution is 9.10. The Morgan fingerprint density at radius 1 is 1.38 bits per heavy atom. The van der Waals surface area contributed by atoms with Gasteiger partial charge in [-0.05, 0) is 37.6 Å². The van der Waals surface area contributed by atoms with Gasteiger partial charge in [-0.1, -0.05) is 27.2 Å². The Bertz CT molecular complexity index is 467. The first-order valence-electron chi connectivity index (χ1n) is 5.17. The summed E-state index contributed by atoms with van der Waals surface area (Å²) in [7, 11) is 0. The zero-order valence-corrected chi connectivity index (χ0v) is 10.4. The van der Waals surface area contributed by atoms with Crippen molar-refractivity contribution in [3.05, 3.63) is 40.6 Å². The van der Waals surface area contributed by atoms with Crippen molar-refractivity contribution in [2.75, 3.05) is 6.54 Å². The molecule has 2 N–H and O–H groups in total. The molecule has 0 amide bonds. The molecule has 2 aromatic rings. The summed E-state index contributed by atoms with van der Waals surface area (Å²) in [6.45, 7) is 0.684. The second-order valence-corrected chi connectivity index (χ2v) is 4.42. The molecule has 1 heterocycles. The van der Waals surface area contributed by atoms with E-state index in [0.29, 0.717) is 6.54 Å². The van der Waals surface area contributed by atoms with Crippen LogP contribution in [-0.4, -0.2) is 21.5 Å². The predicted octanol–water partition coefficient (Wildman–Crippen LogP) is 1.92. The molecule has 0 aliphatic rings. The number of benzene rings is 1. The van der Waals surface area contributed by atoms with Crippen molar-refractivity contribution in [1.29, 1.82) is 0 Å². The lowest BCUT2D eigenvalue weighted by atomic mass is 10.2. The fraction of sp³-hybridized carbons (Fsp3) is 0.273. The quantitative estimate of drug-likeness (QED) is 0.931. The van der Waals surface area contributed by atoms with Gasteiger partial charge in [-0.25, -0.2) is 4.68 Å². The zero-order valence-electron chi connectivity index (χ0n) is 8.81. The van der Waals surface area contributed by atoms with Gasteiger partial charge in [0.2, 0.25) is 0 Å². The van der Waals surface area contributed by atoms with Gasteiger partial charge < -0.3 is 5.73 Å². The Morgan fingerprint density at radius 3 is 3.00 bits per heavy atom. The number of hydrogen-bond acceptors (Lipinski definition) is 3. The van der Waals surface area contributed by atoms with Crippen LogP contribution >= 0.6 is 15.9 Å². The van der Waals surface area contributed by atoms with Crippen molar-refractivity contribution in [3.8, 4) is 5.69 Å². The Hall–Kier alpha value is -1.20. The fourth-order valence-corrected chi connectivity index (χ4v) is 1.92. The van der Waals surface area contributed by atoms with Gasteiger partial charge in [-0.15, -0.1) is 5.10 Å². The standard InChI is InChI=1S/C11H13BrN4/c12-9-3-1-4-10(7-9)16-11(5-2-6-13)8-14-15-16/h1,3-4,7-8H,2,5-6,13H2. The second kappa shape index (κ2) is 5.23. The minimum absolute atomic E-state index is 0.684. The van der Waals surface area contributed by atoms with Crippen molar-refractivity contribution in [2.45, 2.75) is 12.8 Å². The van der Waals surface area contributed by atoms with Crippen molar-refractivity contribution in [1.82, 2.24) is 15.0 Å². The Labute approximate surface area is 103 Å². The summed E-state index contributed by atoms with van der Waals surface area (Å²) < 4.78 is 2.88. The van der Waals surface area contributed by atoms with E-state index in [-0.39, 0.29) is 0 Å². The van der Waals surface area contributed by atoms with E-state index in [4.69, 9.17) is 5.73 Å². The van der Waals surface area contributed by atoms with Crippen molar-refractivity contribution in [2.24, 2.45) is 5.73 Å². The molecule has 0 unspecified atom stereocenters. The number of hydrogen-bond donors (Lipinski definition) is 1. The lowest BCUT2D eigenvalue weighted by Gasteiger charge is -2.05. The lowest BCUT2D eigenvalue weighted by molar-refractivity contribution is 0.729. The fourth-order valence-electron chi connectivity index (χ4n) is 1.54. The van der Waals surface area contributed by atoms with Gasteiger partial charge in [0, 0.05) is 4.47 Å². The molecule has 0 atom stereocenters. The van der Waals surface area contributed by atoms with Crippen molar-refractivity contribution in [3.63, 3.8) is 0 Å². The number of aromatic nitrogens is 3. The van der Waals surface area contributed by atoms with Gasteiger partial charge in [0.1, 0.15) is 0 Å². The van der Waals surface area contributed by atoms with E-state index in [1.807, 2.05) is 28.9 Å². The van der Waals surface area contributed by atoms with Gasteiger partial charge in [-0.2, -0.15) is 0 Å². The maximum Gasteiger partial charge on any atom is 0.0729 e. The van der Waals surface area contributed by atoms with E-state index >= 15 is 0 Å². The maximum atomic E-state index is 5.50. The highest BCUT2D eigenvalue weighted by Crippen LogP contribution is 2.16. The Balaban J connectivity index is 2.29. The minimum atomic E-state index is 0.684. The van der Waals surface area contributed by atoms with E-state index in [1.165, 1.54) is 0 Å². The average Bonchev–Trinajstić information content (AvgIpc) is 2.74. The molecule has 0 saturated heterocycles. The number of halogens is 1. The monoisotopic (exact) mass is 280 g/mol. The predicted molar refractivity (Wildman–Crippen MR) is 66.4 cm³/mol. The first-order chi connectivity index (χ1) is 7.81. The summed E-state index contributed by atoms with van der Waals surface area (Å²) in [6.07, 6.45) is 3.63. The first kappa shape index (κ1) is 11.3. The molecule has 1 aromatic heterocycles. The van der Waals surface area contributed by atoms with E-state index in [0.717, 1.165) is 28.7 Å². The summed E-state index contributed by atoms with van der Waals surface area (Å²) in [5.41, 5.74) is 7.60. The van der Waals surface area contributed by atoms with E-state index in [9.17, 15) is 0 Å². The molecule has 0 aliphatic carbocycles. The van der Waals surface area contributed by atoms with Crippen molar-refractivity contribution < 1.29 is 0 Å². The molecule has 0 bridgehead atoms. The average molecular weight is 281 g/mol. The third kappa shape index (κ3) is 2.48. The smallest absolute Gasteiger partial charge is 0.0729 e. The van der Waals surface area contributed by atoms with Crippen LogP contribution in [-0.2, 0) is 6.42 Å². The molecule has 1 aromatic carbocycles. The molecular weight excluding hydrogens is 268 g/mol. The normalized spacial score (nSPS) is 10.6. The van der Waals surface area contributed by atoms with Crippen LogP contribution < -0.4 is 5.73 Å². The van der Waals surface area contributed by atoms with Crippen LogP contribution in [0.3, 0.4) is 0 Å². The van der Waals surface area contributed by atoms with Crippen LogP contribution in [0.2, 0.25) is 0 Å². The van der Waals surface area contributed by atoms with Gasteiger partial charge in [0.25, 0.3) is 0 Å². The molecule has 4 nitrogen and oxygen atoms in total. The topological polar surface area (TPSA) is 56.7 Å². The molecule has 0 aliphatic heterocycles. The summed E-state index contributed by atoms with van der Waals surface area (Å²) in [5.74, 6) is 0. The number of rotatable bonds is 4. The van der Waals surface area contributed by atoms with Crippen LogP contribution in [0.1, 0.15) is 12.1 Å².